The van der Waals surface area contributed by atoms with Crippen molar-refractivity contribution < 1.29 is 28.5 Å². The SMILES string of the molecule is COc1cc(NC(=O)[C@@H]2CN(C(C)=O)c3ccccc3O2)cc(OC)c1OC. The first-order valence-corrected chi connectivity index (χ1v) is 8.63. The van der Waals surface area contributed by atoms with E-state index in [1.54, 1.807) is 30.3 Å². The molecule has 2 aromatic carbocycles. The third-order valence-corrected chi connectivity index (χ3v) is 4.38. The lowest BCUT2D eigenvalue weighted by Crippen LogP contribution is -2.48. The van der Waals surface area contributed by atoms with Crippen molar-refractivity contribution in [2.75, 3.05) is 38.1 Å². The van der Waals surface area contributed by atoms with Crippen LogP contribution in [0.2, 0.25) is 0 Å². The molecule has 0 unspecified atom stereocenters. The fraction of sp³-hybridized carbons (Fsp3) is 0.300. The molecule has 2 aromatic rings. The van der Waals surface area contributed by atoms with Crippen molar-refractivity contribution in [2.24, 2.45) is 0 Å². The number of nitrogens with one attached hydrogen (secondary N) is 1. The Morgan fingerprint density at radius 3 is 2.29 bits per heavy atom. The molecule has 1 aliphatic heterocycles. The van der Waals surface area contributed by atoms with Crippen LogP contribution in [0.25, 0.3) is 0 Å². The maximum atomic E-state index is 12.8. The van der Waals surface area contributed by atoms with Gasteiger partial charge in [0.15, 0.2) is 17.6 Å². The Labute approximate surface area is 162 Å². The molecule has 1 aliphatic rings. The minimum atomic E-state index is -0.863. The highest BCUT2D eigenvalue weighted by molar-refractivity contribution is 5.99. The number of hydrogen-bond donors (Lipinski definition) is 1. The molecule has 148 valence electrons. The lowest BCUT2D eigenvalue weighted by molar-refractivity contribution is -0.123. The standard InChI is InChI=1S/C20H22N2O6/c1-12(23)22-11-18(28-15-8-6-5-7-14(15)22)20(24)21-13-9-16(25-2)19(27-4)17(10-13)26-3/h5-10,18H,11H2,1-4H3,(H,21,24)/t18-/m0/s1. The topological polar surface area (TPSA) is 86.3 Å². The van der Waals surface area contributed by atoms with Gasteiger partial charge in [-0.05, 0) is 12.1 Å². The van der Waals surface area contributed by atoms with Crippen LogP contribution in [-0.4, -0.2) is 45.8 Å². The molecule has 0 saturated carbocycles. The monoisotopic (exact) mass is 386 g/mol. The summed E-state index contributed by atoms with van der Waals surface area (Å²) in [6.45, 7) is 1.57. The van der Waals surface area contributed by atoms with E-state index >= 15 is 0 Å². The van der Waals surface area contributed by atoms with Gasteiger partial charge in [-0.2, -0.15) is 0 Å². The number of ether oxygens (including phenoxy) is 4. The third-order valence-electron chi connectivity index (χ3n) is 4.38. The van der Waals surface area contributed by atoms with E-state index in [-0.39, 0.29) is 12.5 Å². The normalized spacial score (nSPS) is 15.1. The first-order valence-electron chi connectivity index (χ1n) is 8.63. The highest BCUT2D eigenvalue weighted by atomic mass is 16.5. The average Bonchev–Trinajstić information content (AvgIpc) is 2.71. The van der Waals surface area contributed by atoms with Crippen molar-refractivity contribution >= 4 is 23.2 Å². The zero-order valence-electron chi connectivity index (χ0n) is 16.1. The largest absolute Gasteiger partial charge is 0.493 e. The summed E-state index contributed by atoms with van der Waals surface area (Å²) in [7, 11) is 4.49. The fourth-order valence-corrected chi connectivity index (χ4v) is 3.05. The van der Waals surface area contributed by atoms with E-state index < -0.39 is 12.0 Å². The van der Waals surface area contributed by atoms with E-state index in [9.17, 15) is 9.59 Å². The number of amides is 2. The van der Waals surface area contributed by atoms with Crippen LogP contribution in [0.15, 0.2) is 36.4 Å². The number of hydrogen-bond acceptors (Lipinski definition) is 6. The Bertz CT molecular complexity index is 873. The molecular formula is C20H22N2O6. The molecule has 8 heteroatoms. The summed E-state index contributed by atoms with van der Waals surface area (Å²) >= 11 is 0. The van der Waals surface area contributed by atoms with Crippen LogP contribution >= 0.6 is 0 Å². The molecule has 28 heavy (non-hydrogen) atoms. The summed E-state index contributed by atoms with van der Waals surface area (Å²) in [5.74, 6) is 1.17. The second-order valence-electron chi connectivity index (χ2n) is 6.11. The number of para-hydroxylation sites is 2. The van der Waals surface area contributed by atoms with E-state index in [0.29, 0.717) is 34.4 Å². The maximum Gasteiger partial charge on any atom is 0.267 e. The lowest BCUT2D eigenvalue weighted by Gasteiger charge is -2.33. The Morgan fingerprint density at radius 1 is 1.07 bits per heavy atom. The molecular weight excluding hydrogens is 364 g/mol. The van der Waals surface area contributed by atoms with Gasteiger partial charge < -0.3 is 29.2 Å². The zero-order valence-corrected chi connectivity index (χ0v) is 16.1. The molecule has 0 aliphatic carbocycles. The number of benzene rings is 2. The lowest BCUT2D eigenvalue weighted by atomic mass is 10.1. The van der Waals surface area contributed by atoms with Gasteiger partial charge in [0.25, 0.3) is 5.91 Å². The van der Waals surface area contributed by atoms with Gasteiger partial charge in [0.2, 0.25) is 11.7 Å². The molecule has 0 saturated heterocycles. The van der Waals surface area contributed by atoms with E-state index in [0.717, 1.165) is 0 Å². The van der Waals surface area contributed by atoms with Crippen LogP contribution in [0.5, 0.6) is 23.0 Å². The number of nitrogens with zero attached hydrogens (tertiary/aromatic N) is 1. The number of carbonyl (C=O) groups is 2. The quantitative estimate of drug-likeness (QED) is 0.850. The van der Waals surface area contributed by atoms with Gasteiger partial charge in [-0.3, -0.25) is 9.59 Å². The second kappa shape index (κ2) is 8.08. The summed E-state index contributed by atoms with van der Waals surface area (Å²) in [5.41, 5.74) is 1.10. The molecule has 0 radical (unpaired) electrons. The predicted molar refractivity (Wildman–Crippen MR) is 104 cm³/mol. The fourth-order valence-electron chi connectivity index (χ4n) is 3.05. The van der Waals surface area contributed by atoms with E-state index in [1.807, 2.05) is 6.07 Å². The summed E-state index contributed by atoms with van der Waals surface area (Å²) in [6, 6.07) is 10.4. The molecule has 3 rings (SSSR count). The van der Waals surface area contributed by atoms with Gasteiger partial charge in [0.05, 0.1) is 33.6 Å². The van der Waals surface area contributed by atoms with E-state index in [2.05, 4.69) is 5.32 Å². The molecule has 1 atom stereocenters. The minimum absolute atomic E-state index is 0.114. The molecule has 0 aromatic heterocycles. The van der Waals surface area contributed by atoms with E-state index in [1.165, 1.54) is 33.2 Å². The molecule has 0 fully saturated rings. The van der Waals surface area contributed by atoms with Gasteiger partial charge in [-0.1, -0.05) is 12.1 Å². The summed E-state index contributed by atoms with van der Waals surface area (Å²) in [6.07, 6.45) is -0.863. The molecule has 1 N–H and O–H groups in total. The molecule has 0 spiro atoms. The first-order chi connectivity index (χ1) is 13.5. The predicted octanol–water partition coefficient (Wildman–Crippen LogP) is 2.46. The number of fused-ring (bicyclic) bond motifs is 1. The van der Waals surface area contributed by atoms with Gasteiger partial charge in [-0.15, -0.1) is 0 Å². The van der Waals surface area contributed by atoms with Gasteiger partial charge >= 0.3 is 0 Å². The maximum absolute atomic E-state index is 12.8. The molecule has 1 heterocycles. The Hall–Kier alpha value is -3.42. The van der Waals surface area contributed by atoms with Crippen molar-refractivity contribution in [3.8, 4) is 23.0 Å². The van der Waals surface area contributed by atoms with Crippen molar-refractivity contribution in [1.29, 1.82) is 0 Å². The van der Waals surface area contributed by atoms with Crippen LogP contribution < -0.4 is 29.2 Å². The van der Waals surface area contributed by atoms with Crippen molar-refractivity contribution in [3.63, 3.8) is 0 Å². The summed E-state index contributed by atoms with van der Waals surface area (Å²) in [5, 5.41) is 2.79. The van der Waals surface area contributed by atoms with Gasteiger partial charge in [-0.25, -0.2) is 0 Å². The van der Waals surface area contributed by atoms with Gasteiger partial charge in [0, 0.05) is 24.7 Å². The van der Waals surface area contributed by atoms with Crippen LogP contribution in [0.3, 0.4) is 0 Å². The Kier molecular flexibility index (Phi) is 5.58. The molecule has 0 bridgehead atoms. The van der Waals surface area contributed by atoms with Gasteiger partial charge in [0.1, 0.15) is 5.75 Å². The van der Waals surface area contributed by atoms with Crippen molar-refractivity contribution in [2.45, 2.75) is 13.0 Å². The average molecular weight is 386 g/mol. The first kappa shape index (κ1) is 19.3. The summed E-state index contributed by atoms with van der Waals surface area (Å²) in [4.78, 5) is 26.4. The van der Waals surface area contributed by atoms with Crippen molar-refractivity contribution in [1.82, 2.24) is 0 Å². The number of carbonyl (C=O) groups excluding carboxylic acids is 2. The van der Waals surface area contributed by atoms with Crippen LogP contribution in [0.4, 0.5) is 11.4 Å². The third kappa shape index (κ3) is 3.66. The Morgan fingerprint density at radius 2 is 1.71 bits per heavy atom. The highest BCUT2D eigenvalue weighted by Gasteiger charge is 2.32. The number of methoxy groups -OCH3 is 3. The van der Waals surface area contributed by atoms with Crippen LogP contribution in [0.1, 0.15) is 6.92 Å². The second-order valence-corrected chi connectivity index (χ2v) is 6.11. The summed E-state index contributed by atoms with van der Waals surface area (Å²) < 4.78 is 21.7. The number of anilines is 2. The number of rotatable bonds is 5. The minimum Gasteiger partial charge on any atom is -0.493 e. The smallest absolute Gasteiger partial charge is 0.267 e. The highest BCUT2D eigenvalue weighted by Crippen LogP contribution is 2.40. The Balaban J connectivity index is 1.85. The van der Waals surface area contributed by atoms with Crippen LogP contribution in [0, 0.1) is 0 Å². The zero-order chi connectivity index (χ0) is 20.3. The molecule has 8 nitrogen and oxygen atoms in total. The molecule has 2 amide bonds. The van der Waals surface area contributed by atoms with Crippen LogP contribution in [-0.2, 0) is 9.59 Å². The van der Waals surface area contributed by atoms with E-state index in [4.69, 9.17) is 18.9 Å². The van der Waals surface area contributed by atoms with Crippen molar-refractivity contribution in [3.05, 3.63) is 36.4 Å².